The lowest BCUT2D eigenvalue weighted by molar-refractivity contribution is 0.524. The Morgan fingerprint density at radius 3 is 3.00 bits per heavy atom. The van der Waals surface area contributed by atoms with Crippen molar-refractivity contribution in [3.63, 3.8) is 0 Å². The smallest absolute Gasteiger partial charge is 0.137 e. The molecule has 0 saturated heterocycles. The van der Waals surface area contributed by atoms with Gasteiger partial charge in [-0.1, -0.05) is 0 Å². The summed E-state index contributed by atoms with van der Waals surface area (Å²) in [6, 6.07) is 0. The van der Waals surface area contributed by atoms with Crippen LogP contribution in [0.3, 0.4) is 0 Å². The Labute approximate surface area is 71.8 Å². The fourth-order valence-corrected chi connectivity index (χ4v) is 1.60. The summed E-state index contributed by atoms with van der Waals surface area (Å²) in [7, 11) is 0. The van der Waals surface area contributed by atoms with Crippen LogP contribution in [0, 0.1) is 11.8 Å². The van der Waals surface area contributed by atoms with Gasteiger partial charge in [0.2, 0.25) is 0 Å². The molecule has 1 aliphatic rings. The highest BCUT2D eigenvalue weighted by Gasteiger charge is 2.34. The molecule has 1 fully saturated rings. The van der Waals surface area contributed by atoms with Crippen LogP contribution in [0.1, 0.15) is 12.8 Å². The molecule has 0 bridgehead atoms. The third-order valence-corrected chi connectivity index (χ3v) is 2.57. The molecule has 1 aromatic heterocycles. The van der Waals surface area contributed by atoms with E-state index in [0.717, 1.165) is 24.9 Å². The van der Waals surface area contributed by atoms with Crippen LogP contribution in [0.25, 0.3) is 0 Å². The summed E-state index contributed by atoms with van der Waals surface area (Å²) in [4.78, 5) is 3.89. The van der Waals surface area contributed by atoms with E-state index in [1.807, 2.05) is 4.68 Å². The zero-order valence-corrected chi connectivity index (χ0v) is 7.06. The number of aromatic nitrogens is 3. The second-order valence-electron chi connectivity index (χ2n) is 3.44. The molecule has 4 heteroatoms. The van der Waals surface area contributed by atoms with E-state index >= 15 is 0 Å². The van der Waals surface area contributed by atoms with Crippen LogP contribution in [0.15, 0.2) is 12.7 Å². The van der Waals surface area contributed by atoms with E-state index in [-0.39, 0.29) is 0 Å². The number of hydrogen-bond donors (Lipinski definition) is 1. The minimum Gasteiger partial charge on any atom is -0.330 e. The highest BCUT2D eigenvalue weighted by Crippen LogP contribution is 2.40. The van der Waals surface area contributed by atoms with Crippen molar-refractivity contribution in [3.05, 3.63) is 12.7 Å². The van der Waals surface area contributed by atoms with Crippen molar-refractivity contribution in [2.24, 2.45) is 17.6 Å². The number of hydrogen-bond acceptors (Lipinski definition) is 3. The van der Waals surface area contributed by atoms with Gasteiger partial charge in [-0.2, -0.15) is 5.10 Å². The van der Waals surface area contributed by atoms with Gasteiger partial charge in [0, 0.05) is 6.54 Å². The maximum Gasteiger partial charge on any atom is 0.137 e. The molecule has 0 radical (unpaired) electrons. The summed E-state index contributed by atoms with van der Waals surface area (Å²) in [5.74, 6) is 1.63. The summed E-state index contributed by atoms with van der Waals surface area (Å²) in [5, 5.41) is 4.04. The third kappa shape index (κ3) is 1.64. The molecule has 2 atom stereocenters. The average Bonchev–Trinajstić information content (AvgIpc) is 2.67. The third-order valence-electron chi connectivity index (χ3n) is 2.57. The molecular formula is C8H14N4. The molecule has 1 aliphatic carbocycles. The van der Waals surface area contributed by atoms with Gasteiger partial charge in [-0.05, 0) is 31.2 Å². The second kappa shape index (κ2) is 3.23. The van der Waals surface area contributed by atoms with Crippen LogP contribution >= 0.6 is 0 Å². The molecule has 2 rings (SSSR count). The summed E-state index contributed by atoms with van der Waals surface area (Å²) in [5.41, 5.74) is 5.54. The molecule has 1 saturated carbocycles. The predicted molar refractivity (Wildman–Crippen MR) is 45.3 cm³/mol. The van der Waals surface area contributed by atoms with Crippen LogP contribution in [-0.4, -0.2) is 21.3 Å². The van der Waals surface area contributed by atoms with Crippen molar-refractivity contribution < 1.29 is 0 Å². The Hall–Kier alpha value is -0.900. The van der Waals surface area contributed by atoms with Crippen LogP contribution < -0.4 is 5.73 Å². The van der Waals surface area contributed by atoms with Crippen LogP contribution in [0.4, 0.5) is 0 Å². The first-order valence-electron chi connectivity index (χ1n) is 4.42. The van der Waals surface area contributed by atoms with Crippen molar-refractivity contribution in [1.82, 2.24) is 14.8 Å². The van der Waals surface area contributed by atoms with E-state index in [0.29, 0.717) is 0 Å². The van der Waals surface area contributed by atoms with Gasteiger partial charge in [-0.15, -0.1) is 0 Å². The summed E-state index contributed by atoms with van der Waals surface area (Å²) < 4.78 is 1.88. The molecule has 0 spiro atoms. The Bertz CT molecular complexity index is 231. The van der Waals surface area contributed by atoms with E-state index in [2.05, 4.69) is 10.1 Å². The van der Waals surface area contributed by atoms with E-state index in [9.17, 15) is 0 Å². The first-order chi connectivity index (χ1) is 5.90. The minimum absolute atomic E-state index is 0.786. The van der Waals surface area contributed by atoms with Crippen molar-refractivity contribution in [2.75, 3.05) is 6.54 Å². The van der Waals surface area contributed by atoms with Crippen molar-refractivity contribution in [3.8, 4) is 0 Å². The Balaban J connectivity index is 1.71. The fourth-order valence-electron chi connectivity index (χ4n) is 1.60. The highest BCUT2D eigenvalue weighted by molar-refractivity contribution is 4.86. The maximum atomic E-state index is 5.54. The van der Waals surface area contributed by atoms with Gasteiger partial charge in [0.05, 0.1) is 0 Å². The Morgan fingerprint density at radius 1 is 1.50 bits per heavy atom. The maximum absolute atomic E-state index is 5.54. The molecular weight excluding hydrogens is 152 g/mol. The molecule has 2 unspecified atom stereocenters. The first kappa shape index (κ1) is 7.73. The molecule has 2 N–H and O–H groups in total. The second-order valence-corrected chi connectivity index (χ2v) is 3.44. The van der Waals surface area contributed by atoms with Gasteiger partial charge in [0.25, 0.3) is 0 Å². The molecule has 4 nitrogen and oxygen atoms in total. The number of nitrogens with zero attached hydrogens (tertiary/aromatic N) is 3. The van der Waals surface area contributed by atoms with E-state index in [1.165, 1.54) is 12.8 Å². The summed E-state index contributed by atoms with van der Waals surface area (Å²) >= 11 is 0. The Morgan fingerprint density at radius 2 is 2.42 bits per heavy atom. The van der Waals surface area contributed by atoms with Crippen LogP contribution in [-0.2, 0) is 6.54 Å². The van der Waals surface area contributed by atoms with Gasteiger partial charge in [-0.25, -0.2) is 4.98 Å². The molecule has 0 aliphatic heterocycles. The lowest BCUT2D eigenvalue weighted by atomic mass is 10.2. The standard InChI is InChI=1S/C8H14N4/c9-4-8-3-7(8)1-2-12-6-10-5-11-12/h5-8H,1-4,9H2. The molecule has 0 amide bonds. The molecule has 66 valence electrons. The lowest BCUT2D eigenvalue weighted by Crippen LogP contribution is -2.04. The first-order valence-corrected chi connectivity index (χ1v) is 4.42. The quantitative estimate of drug-likeness (QED) is 0.698. The summed E-state index contributed by atoms with van der Waals surface area (Å²) in [6.07, 6.45) is 5.85. The van der Waals surface area contributed by atoms with Gasteiger partial charge >= 0.3 is 0 Å². The Kier molecular flexibility index (Phi) is 2.08. The average molecular weight is 166 g/mol. The van der Waals surface area contributed by atoms with Gasteiger partial charge in [-0.3, -0.25) is 4.68 Å². The zero-order valence-electron chi connectivity index (χ0n) is 7.06. The number of aryl methyl sites for hydroxylation is 1. The number of nitrogens with two attached hydrogens (primary N) is 1. The van der Waals surface area contributed by atoms with Crippen LogP contribution in [0.2, 0.25) is 0 Å². The number of rotatable bonds is 4. The van der Waals surface area contributed by atoms with Crippen molar-refractivity contribution >= 4 is 0 Å². The molecule has 12 heavy (non-hydrogen) atoms. The SMILES string of the molecule is NCC1CC1CCn1cncn1. The lowest BCUT2D eigenvalue weighted by Gasteiger charge is -1.98. The van der Waals surface area contributed by atoms with Gasteiger partial charge < -0.3 is 5.73 Å². The predicted octanol–water partition coefficient (Wildman–Crippen LogP) is 0.263. The molecule has 0 aromatic carbocycles. The molecule has 1 aromatic rings. The monoisotopic (exact) mass is 166 g/mol. The van der Waals surface area contributed by atoms with Gasteiger partial charge in [0.15, 0.2) is 0 Å². The summed E-state index contributed by atoms with van der Waals surface area (Å²) in [6.45, 7) is 1.84. The molecule has 1 heterocycles. The van der Waals surface area contributed by atoms with Gasteiger partial charge in [0.1, 0.15) is 12.7 Å². The van der Waals surface area contributed by atoms with Crippen LogP contribution in [0.5, 0.6) is 0 Å². The zero-order chi connectivity index (χ0) is 8.39. The fraction of sp³-hybridized carbons (Fsp3) is 0.750. The van der Waals surface area contributed by atoms with E-state index < -0.39 is 0 Å². The van der Waals surface area contributed by atoms with E-state index in [1.54, 1.807) is 12.7 Å². The largest absolute Gasteiger partial charge is 0.330 e. The van der Waals surface area contributed by atoms with Crippen molar-refractivity contribution in [2.45, 2.75) is 19.4 Å². The highest BCUT2D eigenvalue weighted by atomic mass is 15.3. The minimum atomic E-state index is 0.786. The normalized spacial score (nSPS) is 27.4. The topological polar surface area (TPSA) is 56.7 Å². The van der Waals surface area contributed by atoms with Crippen molar-refractivity contribution in [1.29, 1.82) is 0 Å². The van der Waals surface area contributed by atoms with E-state index in [4.69, 9.17) is 5.73 Å².